The Balaban J connectivity index is 1.42. The second-order valence-corrected chi connectivity index (χ2v) is 10.4. The van der Waals surface area contributed by atoms with Gasteiger partial charge in [-0.3, -0.25) is 4.79 Å². The molecule has 0 radical (unpaired) electrons. The fourth-order valence-corrected chi connectivity index (χ4v) is 5.52. The molecule has 0 unspecified atom stereocenters. The minimum absolute atomic E-state index is 0.176. The fourth-order valence-electron chi connectivity index (χ4n) is 5.39. The Morgan fingerprint density at radius 2 is 1.67 bits per heavy atom. The highest BCUT2D eigenvalue weighted by Crippen LogP contribution is 2.34. The number of aromatic nitrogens is 2. The van der Waals surface area contributed by atoms with Gasteiger partial charge in [0.25, 0.3) is 5.56 Å². The van der Waals surface area contributed by atoms with Crippen molar-refractivity contribution in [1.82, 2.24) is 14.9 Å². The lowest BCUT2D eigenvalue weighted by Crippen LogP contribution is -2.46. The van der Waals surface area contributed by atoms with Crippen LogP contribution in [0.25, 0.3) is 21.9 Å². The Labute approximate surface area is 233 Å². The number of ether oxygens (including phenoxy) is 1. The molecule has 2 fully saturated rings. The number of piperazine rings is 1. The summed E-state index contributed by atoms with van der Waals surface area (Å²) in [4.78, 5) is 28.3. The van der Waals surface area contributed by atoms with Crippen LogP contribution in [0.2, 0.25) is 5.02 Å². The first kappa shape index (κ1) is 25.7. The third kappa shape index (κ3) is 5.45. The number of nitrogens with one attached hydrogen (secondary N) is 2. The number of benzene rings is 2. The summed E-state index contributed by atoms with van der Waals surface area (Å²) in [5.41, 5.74) is 3.78. The molecule has 2 aliphatic heterocycles. The summed E-state index contributed by atoms with van der Waals surface area (Å²) in [6.45, 7) is 10.2. The molecule has 2 aliphatic rings. The van der Waals surface area contributed by atoms with Crippen LogP contribution >= 0.6 is 11.6 Å². The maximum Gasteiger partial charge on any atom is 0.259 e. The van der Waals surface area contributed by atoms with Crippen molar-refractivity contribution in [3.8, 4) is 11.1 Å². The van der Waals surface area contributed by atoms with Crippen LogP contribution in [0.4, 0.5) is 23.0 Å². The van der Waals surface area contributed by atoms with Crippen LogP contribution < -0.4 is 20.7 Å². The number of rotatable bonds is 6. The van der Waals surface area contributed by atoms with Crippen molar-refractivity contribution >= 4 is 45.4 Å². The van der Waals surface area contributed by atoms with E-state index in [0.29, 0.717) is 16.2 Å². The Morgan fingerprint density at radius 1 is 0.949 bits per heavy atom. The van der Waals surface area contributed by atoms with Gasteiger partial charge in [-0.05, 0) is 54.6 Å². The van der Waals surface area contributed by atoms with Crippen molar-refractivity contribution in [3.63, 3.8) is 0 Å². The van der Waals surface area contributed by atoms with Gasteiger partial charge in [0.2, 0.25) is 0 Å². The van der Waals surface area contributed by atoms with E-state index in [9.17, 15) is 4.79 Å². The average Bonchev–Trinajstić information content (AvgIpc) is 2.98. The number of halogens is 1. The van der Waals surface area contributed by atoms with Gasteiger partial charge in [-0.25, -0.2) is 4.98 Å². The molecule has 4 heterocycles. The van der Waals surface area contributed by atoms with Crippen molar-refractivity contribution in [3.05, 3.63) is 76.2 Å². The van der Waals surface area contributed by atoms with Crippen LogP contribution in [0.3, 0.4) is 0 Å². The summed E-state index contributed by atoms with van der Waals surface area (Å²) in [6, 6.07) is 18.1. The molecule has 202 valence electrons. The molecule has 6 rings (SSSR count). The molecule has 0 spiro atoms. The smallest absolute Gasteiger partial charge is 0.259 e. The Kier molecular flexibility index (Phi) is 7.41. The molecule has 9 heteroatoms. The number of pyridine rings is 2. The molecule has 2 aromatic heterocycles. The number of morpholine rings is 1. The fraction of sp³-hybridized carbons (Fsp3) is 0.333. The summed E-state index contributed by atoms with van der Waals surface area (Å²) in [7, 11) is 0. The van der Waals surface area contributed by atoms with E-state index in [1.54, 1.807) is 6.20 Å². The number of anilines is 4. The molecule has 0 saturated carbocycles. The summed E-state index contributed by atoms with van der Waals surface area (Å²) < 4.78 is 5.49. The SMILES string of the molecule is CCN1CCN(c2cc3c(-c4ccc(Cl)cc4)c[nH]c(=O)c3c(Nc3ccc(N4CCOCC4)cc3)n2)CC1. The second kappa shape index (κ2) is 11.3. The molecule has 2 aromatic carbocycles. The summed E-state index contributed by atoms with van der Waals surface area (Å²) in [6.07, 6.45) is 1.79. The van der Waals surface area contributed by atoms with E-state index >= 15 is 0 Å². The van der Waals surface area contributed by atoms with Crippen LogP contribution in [0.1, 0.15) is 6.92 Å². The number of hydrogen-bond donors (Lipinski definition) is 2. The van der Waals surface area contributed by atoms with E-state index in [2.05, 4.69) is 50.1 Å². The number of nitrogens with zero attached hydrogens (tertiary/aromatic N) is 4. The zero-order valence-electron chi connectivity index (χ0n) is 22.1. The average molecular weight is 545 g/mol. The predicted molar refractivity (Wildman–Crippen MR) is 160 cm³/mol. The number of likely N-dealkylation sites (N-methyl/N-ethyl adjacent to an activating group) is 1. The van der Waals surface area contributed by atoms with Gasteiger partial charge in [0.15, 0.2) is 0 Å². The number of fused-ring (bicyclic) bond motifs is 1. The van der Waals surface area contributed by atoms with Gasteiger partial charge in [-0.15, -0.1) is 0 Å². The van der Waals surface area contributed by atoms with Crippen LogP contribution in [0.5, 0.6) is 0 Å². The lowest BCUT2D eigenvalue weighted by atomic mass is 10.0. The molecular weight excluding hydrogens is 512 g/mol. The predicted octanol–water partition coefficient (Wildman–Crippen LogP) is 4.97. The van der Waals surface area contributed by atoms with E-state index in [4.69, 9.17) is 21.3 Å². The Hall–Kier alpha value is -3.59. The minimum Gasteiger partial charge on any atom is -0.378 e. The van der Waals surface area contributed by atoms with Crippen molar-refractivity contribution in [2.45, 2.75) is 6.92 Å². The van der Waals surface area contributed by atoms with Crippen molar-refractivity contribution in [1.29, 1.82) is 0 Å². The summed E-state index contributed by atoms with van der Waals surface area (Å²) in [5.74, 6) is 1.42. The lowest BCUT2D eigenvalue weighted by Gasteiger charge is -2.35. The molecule has 0 aliphatic carbocycles. The zero-order valence-corrected chi connectivity index (χ0v) is 22.9. The summed E-state index contributed by atoms with van der Waals surface area (Å²) >= 11 is 6.17. The number of H-pyrrole nitrogens is 1. The third-order valence-corrected chi connectivity index (χ3v) is 7.93. The van der Waals surface area contributed by atoms with Gasteiger partial charge in [-0.2, -0.15) is 0 Å². The van der Waals surface area contributed by atoms with Gasteiger partial charge in [0.1, 0.15) is 11.6 Å². The molecule has 0 amide bonds. The standard InChI is InChI=1S/C30H33ClN6O2/c1-2-35-11-13-37(14-12-35)27-19-25-26(21-3-5-22(31)6-4-21)20-32-30(38)28(25)29(34-27)33-23-7-9-24(10-8-23)36-15-17-39-18-16-36/h3-10,19-20H,2,11-18H2,1H3,(H,32,38)(H,33,34). The van der Waals surface area contributed by atoms with Crippen molar-refractivity contribution < 1.29 is 4.74 Å². The quantitative estimate of drug-likeness (QED) is 0.355. The van der Waals surface area contributed by atoms with Crippen molar-refractivity contribution in [2.75, 3.05) is 74.1 Å². The largest absolute Gasteiger partial charge is 0.378 e. The van der Waals surface area contributed by atoms with Crippen LogP contribution in [0.15, 0.2) is 65.6 Å². The molecule has 4 aromatic rings. The Morgan fingerprint density at radius 3 is 2.36 bits per heavy atom. The highest BCUT2D eigenvalue weighted by atomic mass is 35.5. The molecule has 2 saturated heterocycles. The normalized spacial score (nSPS) is 16.6. The van der Waals surface area contributed by atoms with Crippen molar-refractivity contribution in [2.24, 2.45) is 0 Å². The van der Waals surface area contributed by atoms with E-state index in [1.807, 2.05) is 36.4 Å². The third-order valence-electron chi connectivity index (χ3n) is 7.68. The van der Waals surface area contributed by atoms with Gasteiger partial charge in [0, 0.05) is 72.8 Å². The van der Waals surface area contributed by atoms with Crippen LogP contribution in [-0.2, 0) is 4.74 Å². The number of aromatic amines is 1. The molecule has 2 N–H and O–H groups in total. The highest BCUT2D eigenvalue weighted by molar-refractivity contribution is 6.30. The maximum absolute atomic E-state index is 13.3. The first-order valence-corrected chi connectivity index (χ1v) is 14.0. The topological polar surface area (TPSA) is 76.7 Å². The molecular formula is C30H33ClN6O2. The minimum atomic E-state index is -0.176. The highest BCUT2D eigenvalue weighted by Gasteiger charge is 2.21. The zero-order chi connectivity index (χ0) is 26.8. The lowest BCUT2D eigenvalue weighted by molar-refractivity contribution is 0.122. The molecule has 0 atom stereocenters. The molecule has 0 bridgehead atoms. The molecule has 8 nitrogen and oxygen atoms in total. The number of hydrogen-bond acceptors (Lipinski definition) is 7. The second-order valence-electron chi connectivity index (χ2n) is 9.98. The Bertz CT molecular complexity index is 1490. The first-order valence-electron chi connectivity index (χ1n) is 13.6. The van der Waals surface area contributed by atoms with E-state index < -0.39 is 0 Å². The van der Waals surface area contributed by atoms with E-state index in [-0.39, 0.29) is 5.56 Å². The van der Waals surface area contributed by atoms with E-state index in [0.717, 1.165) is 92.7 Å². The van der Waals surface area contributed by atoms with Gasteiger partial charge < -0.3 is 29.7 Å². The summed E-state index contributed by atoms with van der Waals surface area (Å²) in [5, 5.41) is 5.54. The van der Waals surface area contributed by atoms with Crippen LogP contribution in [0, 0.1) is 0 Å². The van der Waals surface area contributed by atoms with Crippen LogP contribution in [-0.4, -0.2) is 73.9 Å². The molecule has 39 heavy (non-hydrogen) atoms. The maximum atomic E-state index is 13.3. The van der Waals surface area contributed by atoms with Gasteiger partial charge in [0.05, 0.1) is 18.6 Å². The monoisotopic (exact) mass is 544 g/mol. The first-order chi connectivity index (χ1) is 19.1. The van der Waals surface area contributed by atoms with E-state index in [1.165, 1.54) is 0 Å². The van der Waals surface area contributed by atoms with Gasteiger partial charge >= 0.3 is 0 Å². The van der Waals surface area contributed by atoms with Gasteiger partial charge in [-0.1, -0.05) is 30.7 Å².